The lowest BCUT2D eigenvalue weighted by Gasteiger charge is -2.25. The number of aliphatic carboxylic acids is 1. The molecule has 0 bridgehead atoms. The van der Waals surface area contributed by atoms with Crippen molar-refractivity contribution in [3.8, 4) is 0 Å². The summed E-state index contributed by atoms with van der Waals surface area (Å²) < 4.78 is 66.8. The number of carbonyl (C=O) groups is 1. The Morgan fingerprint density at radius 1 is 1.24 bits per heavy atom. The van der Waals surface area contributed by atoms with Crippen LogP contribution in [0.1, 0.15) is 19.3 Å². The van der Waals surface area contributed by atoms with Crippen molar-refractivity contribution in [1.29, 1.82) is 0 Å². The van der Waals surface area contributed by atoms with E-state index in [1.165, 1.54) is 0 Å². The average Bonchev–Trinajstić information content (AvgIpc) is 2.71. The van der Waals surface area contributed by atoms with Gasteiger partial charge in [-0.05, 0) is 26.3 Å². The second-order valence-corrected chi connectivity index (χ2v) is 7.87. The molecular formula is C15H19F3N2O4S. The van der Waals surface area contributed by atoms with Gasteiger partial charge in [0.2, 0.25) is 10.0 Å². The van der Waals surface area contributed by atoms with Crippen LogP contribution in [0.3, 0.4) is 0 Å². The molecule has 1 heterocycles. The highest BCUT2D eigenvalue weighted by molar-refractivity contribution is 7.89. The fourth-order valence-corrected chi connectivity index (χ4v) is 4.56. The molecule has 140 valence electrons. The second kappa shape index (κ2) is 7.71. The third-order valence-corrected chi connectivity index (χ3v) is 6.18. The van der Waals surface area contributed by atoms with Crippen LogP contribution in [0.4, 0.5) is 13.2 Å². The number of rotatable bonds is 5. The predicted molar refractivity (Wildman–Crippen MR) is 83.0 cm³/mol. The Labute approximate surface area is 143 Å². The van der Waals surface area contributed by atoms with Gasteiger partial charge in [-0.1, -0.05) is 0 Å². The molecule has 1 fully saturated rings. The normalized spacial score (nSPS) is 19.8. The molecule has 1 aliphatic rings. The van der Waals surface area contributed by atoms with Crippen LogP contribution in [-0.4, -0.2) is 61.4 Å². The molecule has 1 atom stereocenters. The highest BCUT2D eigenvalue weighted by Gasteiger charge is 2.33. The van der Waals surface area contributed by atoms with Crippen molar-refractivity contribution in [1.82, 2.24) is 9.21 Å². The molecule has 0 saturated carbocycles. The van der Waals surface area contributed by atoms with Gasteiger partial charge in [0.15, 0.2) is 4.90 Å². The molecular weight excluding hydrogens is 361 g/mol. The lowest BCUT2D eigenvalue weighted by atomic mass is 10.1. The van der Waals surface area contributed by atoms with Crippen LogP contribution in [0.5, 0.6) is 0 Å². The molecule has 0 radical (unpaired) electrons. The molecule has 1 unspecified atom stereocenters. The van der Waals surface area contributed by atoms with Gasteiger partial charge in [0.25, 0.3) is 0 Å². The highest BCUT2D eigenvalue weighted by Crippen LogP contribution is 2.26. The minimum absolute atomic E-state index is 0.00673. The van der Waals surface area contributed by atoms with E-state index in [0.717, 1.165) is 4.31 Å². The summed E-state index contributed by atoms with van der Waals surface area (Å²) in [6.07, 6.45) is 1.30. The minimum Gasteiger partial charge on any atom is -0.480 e. The first kappa shape index (κ1) is 19.7. The minimum atomic E-state index is -4.45. The van der Waals surface area contributed by atoms with E-state index >= 15 is 0 Å². The zero-order chi connectivity index (χ0) is 18.8. The number of carboxylic acids is 1. The Hall–Kier alpha value is -1.65. The number of nitrogens with zero attached hydrogens (tertiary/aromatic N) is 2. The first-order valence-corrected chi connectivity index (χ1v) is 9.13. The van der Waals surface area contributed by atoms with E-state index in [-0.39, 0.29) is 25.7 Å². The zero-order valence-corrected chi connectivity index (χ0v) is 14.4. The van der Waals surface area contributed by atoms with Crippen molar-refractivity contribution >= 4 is 16.0 Å². The monoisotopic (exact) mass is 380 g/mol. The first-order valence-electron chi connectivity index (χ1n) is 7.69. The van der Waals surface area contributed by atoms with E-state index in [4.69, 9.17) is 5.11 Å². The topological polar surface area (TPSA) is 77.9 Å². The zero-order valence-electron chi connectivity index (χ0n) is 13.6. The van der Waals surface area contributed by atoms with E-state index in [9.17, 15) is 26.4 Å². The van der Waals surface area contributed by atoms with Gasteiger partial charge in [-0.25, -0.2) is 21.6 Å². The molecule has 1 saturated heterocycles. The molecule has 6 nitrogen and oxygen atoms in total. The molecule has 0 amide bonds. The van der Waals surface area contributed by atoms with Crippen molar-refractivity contribution in [2.75, 3.05) is 26.7 Å². The largest absolute Gasteiger partial charge is 0.480 e. The average molecular weight is 380 g/mol. The summed E-state index contributed by atoms with van der Waals surface area (Å²) in [5.41, 5.74) is 0. The van der Waals surface area contributed by atoms with E-state index in [2.05, 4.69) is 0 Å². The molecule has 25 heavy (non-hydrogen) atoms. The molecule has 0 aromatic heterocycles. The maximum Gasteiger partial charge on any atom is 0.317 e. The molecule has 1 aromatic carbocycles. The maximum absolute atomic E-state index is 13.9. The van der Waals surface area contributed by atoms with Gasteiger partial charge in [0, 0.05) is 31.3 Å². The van der Waals surface area contributed by atoms with Crippen LogP contribution < -0.4 is 0 Å². The van der Waals surface area contributed by atoms with Crippen molar-refractivity contribution in [3.63, 3.8) is 0 Å². The number of likely N-dealkylation sites (N-methyl/N-ethyl adjacent to an activating group) is 1. The summed E-state index contributed by atoms with van der Waals surface area (Å²) >= 11 is 0. The lowest BCUT2D eigenvalue weighted by Crippen LogP contribution is -2.37. The lowest BCUT2D eigenvalue weighted by molar-refractivity contribution is -0.138. The van der Waals surface area contributed by atoms with Gasteiger partial charge < -0.3 is 5.11 Å². The quantitative estimate of drug-likeness (QED) is 0.841. The number of benzene rings is 1. The number of hydrogen-bond donors (Lipinski definition) is 1. The number of carboxylic acid groups (broad SMARTS) is 1. The van der Waals surface area contributed by atoms with Crippen molar-refractivity contribution in [2.45, 2.75) is 30.2 Å². The number of halogens is 3. The van der Waals surface area contributed by atoms with E-state index in [0.29, 0.717) is 31.4 Å². The van der Waals surface area contributed by atoms with Gasteiger partial charge in [0.05, 0.1) is 6.54 Å². The SMILES string of the molecule is CN(CC(=O)O)C1CCCN(S(=O)(=O)c2c(F)cc(F)cc2F)CC1. The van der Waals surface area contributed by atoms with Crippen molar-refractivity contribution < 1.29 is 31.5 Å². The summed E-state index contributed by atoms with van der Waals surface area (Å²) in [6.45, 7) is -0.137. The second-order valence-electron chi connectivity index (χ2n) is 6.00. The van der Waals surface area contributed by atoms with E-state index in [1.807, 2.05) is 0 Å². The van der Waals surface area contributed by atoms with Crippen LogP contribution >= 0.6 is 0 Å². The van der Waals surface area contributed by atoms with Gasteiger partial charge in [0.1, 0.15) is 17.5 Å². The molecule has 0 aliphatic carbocycles. The Balaban J connectivity index is 2.20. The van der Waals surface area contributed by atoms with Crippen molar-refractivity contribution in [2.24, 2.45) is 0 Å². The molecule has 10 heteroatoms. The van der Waals surface area contributed by atoms with E-state index in [1.54, 1.807) is 11.9 Å². The van der Waals surface area contributed by atoms with Crippen molar-refractivity contribution in [3.05, 3.63) is 29.6 Å². The third kappa shape index (κ3) is 4.50. The van der Waals surface area contributed by atoms with Crippen LogP contribution in [0.2, 0.25) is 0 Å². The smallest absolute Gasteiger partial charge is 0.317 e. The van der Waals surface area contributed by atoms with Crippen LogP contribution in [0.25, 0.3) is 0 Å². The summed E-state index contributed by atoms with van der Waals surface area (Å²) in [6, 6.07) is 0.508. The van der Waals surface area contributed by atoms with Gasteiger partial charge in [-0.3, -0.25) is 9.69 Å². The third-order valence-electron chi connectivity index (χ3n) is 4.23. The maximum atomic E-state index is 13.9. The summed E-state index contributed by atoms with van der Waals surface area (Å²) in [5, 5.41) is 8.84. The van der Waals surface area contributed by atoms with Gasteiger partial charge in [-0.2, -0.15) is 4.31 Å². The molecule has 1 N–H and O–H groups in total. The highest BCUT2D eigenvalue weighted by atomic mass is 32.2. The molecule has 2 rings (SSSR count). The van der Waals surface area contributed by atoms with E-state index < -0.39 is 38.3 Å². The van der Waals surface area contributed by atoms with Crippen LogP contribution in [0, 0.1) is 17.5 Å². The van der Waals surface area contributed by atoms with Crippen LogP contribution in [0.15, 0.2) is 17.0 Å². The fraction of sp³-hybridized carbons (Fsp3) is 0.533. The summed E-state index contributed by atoms with van der Waals surface area (Å²) in [5.74, 6) is -5.13. The van der Waals surface area contributed by atoms with Crippen LogP contribution in [-0.2, 0) is 14.8 Å². The Bertz CT molecular complexity index is 734. The number of sulfonamides is 1. The molecule has 1 aromatic rings. The predicted octanol–water partition coefficient (Wildman–Crippen LogP) is 1.66. The van der Waals surface area contributed by atoms with Gasteiger partial charge >= 0.3 is 5.97 Å². The fourth-order valence-electron chi connectivity index (χ4n) is 2.98. The standard InChI is InChI=1S/C15H19F3N2O4S/c1-19(9-14(21)22)11-3-2-5-20(6-4-11)25(23,24)15-12(17)7-10(16)8-13(15)18/h7-8,11H,2-6,9H2,1H3,(H,21,22). The Morgan fingerprint density at radius 3 is 2.40 bits per heavy atom. The van der Waals surface area contributed by atoms with Gasteiger partial charge in [-0.15, -0.1) is 0 Å². The summed E-state index contributed by atoms with van der Waals surface area (Å²) in [4.78, 5) is 11.2. The molecule has 0 spiro atoms. The Kier molecular flexibility index (Phi) is 6.07. The number of hydrogen-bond acceptors (Lipinski definition) is 4. The molecule has 1 aliphatic heterocycles. The summed E-state index contributed by atoms with van der Waals surface area (Å²) in [7, 11) is -2.83. The first-order chi connectivity index (χ1) is 11.6. The Morgan fingerprint density at radius 2 is 1.84 bits per heavy atom.